The Morgan fingerprint density at radius 2 is 1.11 bits per heavy atom. The van der Waals surface area contributed by atoms with Crippen molar-refractivity contribution in [2.45, 2.75) is 38.8 Å². The molecule has 0 saturated heterocycles. The summed E-state index contributed by atoms with van der Waals surface area (Å²) in [6, 6.07) is 0. The highest BCUT2D eigenvalue weighted by Crippen LogP contribution is 2.42. The van der Waals surface area contributed by atoms with Gasteiger partial charge < -0.3 is 0 Å². The summed E-state index contributed by atoms with van der Waals surface area (Å²) in [5.41, 5.74) is 1.71. The maximum Gasteiger partial charge on any atom is 0.100 e. The Hall–Kier alpha value is 1.08. The molecule has 0 aliphatic heterocycles. The van der Waals surface area contributed by atoms with Gasteiger partial charge in [0.1, 0.15) is 7.41 Å². The first-order valence-corrected chi connectivity index (χ1v) is 9.24. The Morgan fingerprint density at radius 3 is 1.11 bits per heavy atom. The molecule has 0 radical (unpaired) electrons. The molecule has 56 valence electrons. The Kier molecular flexibility index (Phi) is 3.88. The van der Waals surface area contributed by atoms with Gasteiger partial charge in [-0.1, -0.05) is 27.7 Å². The van der Waals surface area contributed by atoms with Gasteiger partial charge in [-0.2, -0.15) is 0 Å². The van der Waals surface area contributed by atoms with E-state index in [9.17, 15) is 0 Å². The van der Waals surface area contributed by atoms with Crippen LogP contribution in [-0.4, -0.2) is 7.41 Å². The highest BCUT2D eigenvalue weighted by atomic mass is 31.6. The van der Waals surface area contributed by atoms with Gasteiger partial charge in [0.05, 0.1) is 0 Å². The quantitative estimate of drug-likeness (QED) is 0.452. The lowest BCUT2D eigenvalue weighted by atomic mass is 10.5. The van der Waals surface area contributed by atoms with Crippen molar-refractivity contribution in [1.29, 1.82) is 0 Å². The second kappa shape index (κ2) is 3.46. The van der Waals surface area contributed by atoms with E-state index in [1.165, 1.54) is 0 Å². The molecule has 0 rings (SSSR count). The van der Waals surface area contributed by atoms with Gasteiger partial charge in [-0.3, -0.25) is 0 Å². The van der Waals surface area contributed by atoms with Gasteiger partial charge in [-0.25, -0.2) is 0 Å². The number of hydrogen-bond acceptors (Lipinski definition) is 0. The van der Waals surface area contributed by atoms with Crippen molar-refractivity contribution >= 4 is 25.0 Å². The predicted molar refractivity (Wildman–Crippen MR) is 55.4 cm³/mol. The molecule has 9 heavy (non-hydrogen) atoms. The van der Waals surface area contributed by atoms with Crippen molar-refractivity contribution in [3.63, 3.8) is 0 Å². The van der Waals surface area contributed by atoms with E-state index >= 15 is 0 Å². The fraction of sp³-hybridized carbons (Fsp3) is 1.00. The minimum atomic E-state index is -1.02. The van der Waals surface area contributed by atoms with Crippen LogP contribution in [0.5, 0.6) is 0 Å². The van der Waals surface area contributed by atoms with E-state index in [1.54, 1.807) is 0 Å². The fourth-order valence-electron chi connectivity index (χ4n) is 0.667. The Bertz CT molecular complexity index is 79.1. The normalized spacial score (nSPS) is 13.3. The molecular weight excluding hydrogens is 162 g/mol. The number of rotatable bonds is 2. The van der Waals surface area contributed by atoms with Crippen LogP contribution in [0.4, 0.5) is 0 Å². The molecule has 0 amide bonds. The van der Waals surface area contributed by atoms with Gasteiger partial charge >= 0.3 is 0 Å². The third-order valence-corrected chi connectivity index (χ3v) is 14.0. The third kappa shape index (κ3) is 2.66. The van der Waals surface area contributed by atoms with E-state index in [0.29, 0.717) is 0 Å². The number of hydrogen-bond donors (Lipinski definition) is 0. The van der Waals surface area contributed by atoms with E-state index < -0.39 is 7.41 Å². The average molecular weight is 180 g/mol. The molecule has 2 unspecified atom stereocenters. The molecule has 0 aromatic rings. The van der Waals surface area contributed by atoms with Crippen LogP contribution >= 0.6 is 17.6 Å². The van der Waals surface area contributed by atoms with E-state index in [1.807, 2.05) is 0 Å². The first-order chi connectivity index (χ1) is 3.89. The minimum absolute atomic E-state index is 0.854. The van der Waals surface area contributed by atoms with Crippen molar-refractivity contribution < 1.29 is 0 Å². The molecule has 0 aliphatic rings. The largest absolute Gasteiger partial charge is 0.144 e. The van der Waals surface area contributed by atoms with Gasteiger partial charge in [0.15, 0.2) is 0 Å². The van der Waals surface area contributed by atoms with E-state index in [4.69, 9.17) is 0 Å². The Balaban J connectivity index is 4.01. The van der Waals surface area contributed by atoms with Crippen molar-refractivity contribution in [1.82, 2.24) is 0 Å². The molecule has 0 N–H and O–H groups in total. The zero-order valence-electron chi connectivity index (χ0n) is 6.81. The molecule has 0 fully saturated rings. The van der Waals surface area contributed by atoms with Gasteiger partial charge in [0.2, 0.25) is 0 Å². The fourth-order valence-corrected chi connectivity index (χ4v) is 2.00. The molecule has 0 bridgehead atoms. The molecule has 0 aliphatic carbocycles. The lowest BCUT2D eigenvalue weighted by molar-refractivity contribution is 0.955. The lowest BCUT2D eigenvalue weighted by Gasteiger charge is -2.30. The summed E-state index contributed by atoms with van der Waals surface area (Å²) in [4.78, 5) is 0. The van der Waals surface area contributed by atoms with Gasteiger partial charge in [0, 0.05) is 0 Å². The van der Waals surface area contributed by atoms with Crippen LogP contribution in [-0.2, 0) is 0 Å². The molecule has 0 saturated carbocycles. The van der Waals surface area contributed by atoms with Crippen LogP contribution in [0.25, 0.3) is 0 Å². The summed E-state index contributed by atoms with van der Waals surface area (Å²) in [6.07, 6.45) is 0. The van der Waals surface area contributed by atoms with Crippen LogP contribution < -0.4 is 0 Å². The zero-order valence-corrected chi connectivity index (χ0v) is 10.1. The van der Waals surface area contributed by atoms with Crippen molar-refractivity contribution in [2.75, 3.05) is 0 Å². The summed E-state index contributed by atoms with van der Waals surface area (Å²) in [5.74, 6) is 0. The van der Waals surface area contributed by atoms with Crippen LogP contribution in [0.1, 0.15) is 27.7 Å². The van der Waals surface area contributed by atoms with Crippen molar-refractivity contribution in [3.8, 4) is 0 Å². The van der Waals surface area contributed by atoms with Gasteiger partial charge in [-0.15, -0.1) is 17.6 Å². The van der Waals surface area contributed by atoms with E-state index in [-0.39, 0.29) is 0 Å². The smallest absolute Gasteiger partial charge is 0.100 e. The predicted octanol–water partition coefficient (Wildman–Crippen LogP) is 3.00. The van der Waals surface area contributed by atoms with Gasteiger partial charge in [0.25, 0.3) is 0 Å². The first kappa shape index (κ1) is 10.1. The summed E-state index contributed by atoms with van der Waals surface area (Å²) in [5, 5.41) is 0. The van der Waals surface area contributed by atoms with E-state index in [2.05, 4.69) is 45.3 Å². The van der Waals surface area contributed by atoms with Crippen LogP contribution in [0.15, 0.2) is 0 Å². The van der Waals surface area contributed by atoms with Crippen LogP contribution in [0, 0.1) is 0 Å². The maximum absolute atomic E-state index is 3.05. The SMILES string of the molecule is CC(C)[Si](P)(P)C(C)C. The molecular formula is C6H18P2Si. The summed E-state index contributed by atoms with van der Waals surface area (Å²) in [7, 11) is 5.07. The molecule has 0 aromatic carbocycles. The second-order valence-electron chi connectivity index (χ2n) is 3.31. The monoisotopic (exact) mass is 180 g/mol. The molecule has 3 heteroatoms. The summed E-state index contributed by atoms with van der Waals surface area (Å²) in [6.45, 7) is 9.25. The van der Waals surface area contributed by atoms with Crippen molar-refractivity contribution in [3.05, 3.63) is 0 Å². The molecule has 2 atom stereocenters. The minimum Gasteiger partial charge on any atom is -0.144 e. The average Bonchev–Trinajstić information content (AvgIpc) is 1.65. The second-order valence-corrected chi connectivity index (χ2v) is 15.6. The summed E-state index contributed by atoms with van der Waals surface area (Å²) >= 11 is 0. The standard InChI is InChI=1S/C6H18P2Si/c1-5(2)9(7,8)6(3)4/h5-6H,7-8H2,1-4H3. The Morgan fingerprint density at radius 1 is 0.889 bits per heavy atom. The van der Waals surface area contributed by atoms with Crippen molar-refractivity contribution in [2.24, 2.45) is 0 Å². The van der Waals surface area contributed by atoms with E-state index in [0.717, 1.165) is 11.1 Å². The molecule has 0 spiro atoms. The molecule has 0 heterocycles. The first-order valence-electron chi connectivity index (χ1n) is 3.46. The summed E-state index contributed by atoms with van der Waals surface area (Å²) < 4.78 is 0. The van der Waals surface area contributed by atoms with Crippen LogP contribution in [0.2, 0.25) is 11.1 Å². The maximum atomic E-state index is 3.05. The highest BCUT2D eigenvalue weighted by molar-refractivity contribution is 8.01. The highest BCUT2D eigenvalue weighted by Gasteiger charge is 2.29. The molecule has 0 nitrogen and oxygen atoms in total. The topological polar surface area (TPSA) is 0 Å². The lowest BCUT2D eigenvalue weighted by Crippen LogP contribution is -2.25. The third-order valence-electron chi connectivity index (χ3n) is 2.00. The van der Waals surface area contributed by atoms with Crippen LogP contribution in [0.3, 0.4) is 0 Å². The Labute approximate surface area is 64.3 Å². The van der Waals surface area contributed by atoms with Gasteiger partial charge in [-0.05, 0) is 11.1 Å². The molecule has 0 aromatic heterocycles. The zero-order chi connectivity index (χ0) is 7.65.